The van der Waals surface area contributed by atoms with Crippen LogP contribution in [0.1, 0.15) is 28.0 Å². The van der Waals surface area contributed by atoms with E-state index in [9.17, 15) is 4.79 Å². The molecule has 0 saturated heterocycles. The third kappa shape index (κ3) is 1.83. The van der Waals surface area contributed by atoms with Crippen molar-refractivity contribution < 1.29 is 4.79 Å². The van der Waals surface area contributed by atoms with Gasteiger partial charge in [-0.3, -0.25) is 4.79 Å². The van der Waals surface area contributed by atoms with Gasteiger partial charge in [0, 0.05) is 22.4 Å². The molecular weight excluding hydrogens is 210 g/mol. The second-order valence-electron chi connectivity index (χ2n) is 3.17. The highest BCUT2D eigenvalue weighted by Crippen LogP contribution is 2.15. The molecule has 4 nitrogen and oxygen atoms in total. The molecule has 0 aliphatic rings. The Morgan fingerprint density at radius 1 is 1.60 bits per heavy atom. The molecule has 0 radical (unpaired) electrons. The van der Waals surface area contributed by atoms with Crippen molar-refractivity contribution in [1.82, 2.24) is 14.8 Å². The zero-order valence-corrected chi connectivity index (χ0v) is 9.41. The SMILES string of the molecule is CCn1ncnc1C(=O)c1csc(C)c1. The van der Waals surface area contributed by atoms with Gasteiger partial charge in [0.25, 0.3) is 0 Å². The highest BCUT2D eigenvalue weighted by atomic mass is 32.1. The summed E-state index contributed by atoms with van der Waals surface area (Å²) < 4.78 is 1.61. The zero-order valence-electron chi connectivity index (χ0n) is 8.60. The quantitative estimate of drug-likeness (QED) is 0.744. The minimum Gasteiger partial charge on any atom is -0.285 e. The van der Waals surface area contributed by atoms with E-state index in [0.29, 0.717) is 17.9 Å². The highest BCUT2D eigenvalue weighted by molar-refractivity contribution is 7.10. The number of rotatable bonds is 3. The van der Waals surface area contributed by atoms with Gasteiger partial charge in [0.05, 0.1) is 0 Å². The van der Waals surface area contributed by atoms with Crippen molar-refractivity contribution in [2.75, 3.05) is 0 Å². The van der Waals surface area contributed by atoms with Gasteiger partial charge < -0.3 is 0 Å². The molecule has 0 aromatic carbocycles. The first kappa shape index (κ1) is 10.0. The number of hydrogen-bond acceptors (Lipinski definition) is 4. The lowest BCUT2D eigenvalue weighted by atomic mass is 10.2. The Kier molecular flexibility index (Phi) is 2.64. The molecular formula is C10H11N3OS. The van der Waals surface area contributed by atoms with Crippen molar-refractivity contribution in [3.8, 4) is 0 Å². The van der Waals surface area contributed by atoms with Crippen molar-refractivity contribution in [2.24, 2.45) is 0 Å². The lowest BCUT2D eigenvalue weighted by Crippen LogP contribution is -2.11. The van der Waals surface area contributed by atoms with Crippen molar-refractivity contribution in [3.05, 3.63) is 34.0 Å². The van der Waals surface area contributed by atoms with Crippen LogP contribution in [-0.4, -0.2) is 20.5 Å². The van der Waals surface area contributed by atoms with E-state index in [1.165, 1.54) is 6.33 Å². The van der Waals surface area contributed by atoms with Crippen molar-refractivity contribution >= 4 is 17.1 Å². The van der Waals surface area contributed by atoms with Crippen LogP contribution in [0.5, 0.6) is 0 Å². The summed E-state index contributed by atoms with van der Waals surface area (Å²) in [5, 5.41) is 5.83. The standard InChI is InChI=1S/C10H11N3OS/c1-3-13-10(11-6-12-13)9(14)8-4-7(2)15-5-8/h4-6H,3H2,1-2H3. The van der Waals surface area contributed by atoms with E-state index in [1.54, 1.807) is 16.0 Å². The normalized spacial score (nSPS) is 10.5. The number of hydrogen-bond donors (Lipinski definition) is 0. The molecule has 5 heteroatoms. The summed E-state index contributed by atoms with van der Waals surface area (Å²) in [7, 11) is 0. The average molecular weight is 221 g/mol. The molecule has 0 unspecified atom stereocenters. The Bertz CT molecular complexity index is 486. The summed E-state index contributed by atoms with van der Waals surface area (Å²) in [5.74, 6) is 0.356. The monoisotopic (exact) mass is 221 g/mol. The number of carbonyl (C=O) groups is 1. The molecule has 0 fully saturated rings. The van der Waals surface area contributed by atoms with E-state index in [4.69, 9.17) is 0 Å². The number of thiophene rings is 1. The molecule has 2 rings (SSSR count). The Morgan fingerprint density at radius 2 is 2.40 bits per heavy atom. The maximum atomic E-state index is 12.0. The van der Waals surface area contributed by atoms with E-state index >= 15 is 0 Å². The molecule has 0 N–H and O–H groups in total. The molecule has 2 heterocycles. The maximum Gasteiger partial charge on any atom is 0.230 e. The minimum absolute atomic E-state index is 0.0568. The topological polar surface area (TPSA) is 47.8 Å². The number of aromatic nitrogens is 3. The summed E-state index contributed by atoms with van der Waals surface area (Å²) in [4.78, 5) is 17.1. The Labute approximate surface area is 91.6 Å². The van der Waals surface area contributed by atoms with Gasteiger partial charge in [0.1, 0.15) is 6.33 Å². The molecule has 0 spiro atoms. The van der Waals surface area contributed by atoms with Crippen molar-refractivity contribution in [1.29, 1.82) is 0 Å². The van der Waals surface area contributed by atoms with Gasteiger partial charge in [-0.05, 0) is 19.9 Å². The molecule has 0 aliphatic heterocycles. The first-order valence-corrected chi connectivity index (χ1v) is 5.58. The third-order valence-corrected chi connectivity index (χ3v) is 2.97. The second-order valence-corrected chi connectivity index (χ2v) is 4.29. The molecule has 15 heavy (non-hydrogen) atoms. The summed E-state index contributed by atoms with van der Waals surface area (Å²) in [6.07, 6.45) is 1.41. The van der Waals surface area contributed by atoms with E-state index in [2.05, 4.69) is 10.1 Å². The predicted octanol–water partition coefficient (Wildman–Crippen LogP) is 1.90. The molecule has 78 valence electrons. The van der Waals surface area contributed by atoms with Crippen molar-refractivity contribution in [3.63, 3.8) is 0 Å². The van der Waals surface area contributed by atoms with Crippen LogP contribution >= 0.6 is 11.3 Å². The van der Waals surface area contributed by atoms with E-state index < -0.39 is 0 Å². The summed E-state index contributed by atoms with van der Waals surface area (Å²) in [6, 6.07) is 1.88. The molecule has 0 saturated carbocycles. The molecule has 0 aliphatic carbocycles. The number of nitrogens with zero attached hydrogens (tertiary/aromatic N) is 3. The fourth-order valence-corrected chi connectivity index (χ4v) is 2.05. The fraction of sp³-hybridized carbons (Fsp3) is 0.300. The van der Waals surface area contributed by atoms with Crippen LogP contribution < -0.4 is 0 Å². The fourth-order valence-electron chi connectivity index (χ4n) is 1.36. The van der Waals surface area contributed by atoms with Crippen LogP contribution in [-0.2, 0) is 6.54 Å². The average Bonchev–Trinajstić information content (AvgIpc) is 2.84. The Hall–Kier alpha value is -1.49. The Balaban J connectivity index is 2.36. The molecule has 2 aromatic heterocycles. The van der Waals surface area contributed by atoms with Gasteiger partial charge in [0.15, 0.2) is 5.82 Å². The summed E-state index contributed by atoms with van der Waals surface area (Å²) >= 11 is 1.57. The van der Waals surface area contributed by atoms with Crippen LogP contribution in [0.25, 0.3) is 0 Å². The number of ketones is 1. The minimum atomic E-state index is -0.0568. The second kappa shape index (κ2) is 3.94. The van der Waals surface area contributed by atoms with Gasteiger partial charge in [-0.2, -0.15) is 5.10 Å². The third-order valence-electron chi connectivity index (χ3n) is 2.11. The van der Waals surface area contributed by atoms with Gasteiger partial charge >= 0.3 is 0 Å². The number of aryl methyl sites for hydroxylation is 2. The summed E-state index contributed by atoms with van der Waals surface area (Å²) in [5.41, 5.74) is 0.695. The Morgan fingerprint density at radius 3 is 3.00 bits per heavy atom. The van der Waals surface area contributed by atoms with Crippen LogP contribution in [0.15, 0.2) is 17.8 Å². The largest absolute Gasteiger partial charge is 0.285 e. The predicted molar refractivity (Wildman–Crippen MR) is 58.2 cm³/mol. The van der Waals surface area contributed by atoms with E-state index in [0.717, 1.165) is 4.88 Å². The lowest BCUT2D eigenvalue weighted by molar-refractivity contribution is 0.102. The van der Waals surface area contributed by atoms with E-state index in [-0.39, 0.29) is 5.78 Å². The molecule has 0 bridgehead atoms. The van der Waals surface area contributed by atoms with Gasteiger partial charge in [-0.1, -0.05) is 0 Å². The molecule has 2 aromatic rings. The van der Waals surface area contributed by atoms with Crippen LogP contribution in [0, 0.1) is 6.92 Å². The zero-order chi connectivity index (χ0) is 10.8. The van der Waals surface area contributed by atoms with Crippen molar-refractivity contribution in [2.45, 2.75) is 20.4 Å². The summed E-state index contributed by atoms with van der Waals surface area (Å²) in [6.45, 7) is 4.57. The number of carbonyl (C=O) groups excluding carboxylic acids is 1. The van der Waals surface area contributed by atoms with Crippen LogP contribution in [0.2, 0.25) is 0 Å². The van der Waals surface area contributed by atoms with Gasteiger partial charge in [-0.15, -0.1) is 11.3 Å². The first-order chi connectivity index (χ1) is 7.22. The molecule has 0 atom stereocenters. The highest BCUT2D eigenvalue weighted by Gasteiger charge is 2.16. The van der Waals surface area contributed by atoms with Gasteiger partial charge in [-0.25, -0.2) is 9.67 Å². The van der Waals surface area contributed by atoms with Crippen LogP contribution in [0.4, 0.5) is 0 Å². The first-order valence-electron chi connectivity index (χ1n) is 4.70. The lowest BCUT2D eigenvalue weighted by Gasteiger charge is -1.99. The van der Waals surface area contributed by atoms with Crippen LogP contribution in [0.3, 0.4) is 0 Å². The van der Waals surface area contributed by atoms with Gasteiger partial charge in [0.2, 0.25) is 5.78 Å². The molecule has 0 amide bonds. The smallest absolute Gasteiger partial charge is 0.230 e. The van der Waals surface area contributed by atoms with E-state index in [1.807, 2.05) is 25.3 Å². The maximum absolute atomic E-state index is 12.0.